The Bertz CT molecular complexity index is 952. The molecule has 0 radical (unpaired) electrons. The van der Waals surface area contributed by atoms with E-state index < -0.39 is 11.7 Å². The van der Waals surface area contributed by atoms with Crippen molar-refractivity contribution in [3.05, 3.63) is 59.7 Å². The Morgan fingerprint density at radius 3 is 2.47 bits per heavy atom. The molecule has 0 aromatic heterocycles. The second-order valence-corrected chi connectivity index (χ2v) is 7.45. The lowest BCUT2D eigenvalue weighted by Crippen LogP contribution is -2.48. The Morgan fingerprint density at radius 1 is 1.06 bits per heavy atom. The molecule has 2 aromatic rings. The number of alkyl halides is 3. The number of ether oxygens (including phenoxy) is 2. The number of piperazine rings is 1. The van der Waals surface area contributed by atoms with Crippen molar-refractivity contribution >= 4 is 17.7 Å². The van der Waals surface area contributed by atoms with E-state index in [1.807, 2.05) is 24.0 Å². The number of rotatable bonds is 7. The summed E-state index contributed by atoms with van der Waals surface area (Å²) in [4.78, 5) is 16.1. The molecule has 0 saturated carbocycles. The van der Waals surface area contributed by atoms with Gasteiger partial charge in [-0.05, 0) is 48.4 Å². The first-order chi connectivity index (χ1) is 15.3. The van der Waals surface area contributed by atoms with Gasteiger partial charge in [-0.1, -0.05) is 19.1 Å². The summed E-state index contributed by atoms with van der Waals surface area (Å²) in [6.07, 6.45) is -0.267. The van der Waals surface area contributed by atoms with Crippen LogP contribution in [0.3, 0.4) is 0 Å². The van der Waals surface area contributed by atoms with E-state index in [9.17, 15) is 18.0 Å². The highest BCUT2D eigenvalue weighted by Crippen LogP contribution is 2.32. The molecule has 8 heteroatoms. The molecule has 1 aliphatic heterocycles. The number of methoxy groups -OCH3 is 1. The zero-order chi connectivity index (χ0) is 23.1. The largest absolute Gasteiger partial charge is 0.493 e. The average Bonchev–Trinajstić information content (AvgIpc) is 2.81. The van der Waals surface area contributed by atoms with E-state index >= 15 is 0 Å². The molecule has 2 aromatic carbocycles. The van der Waals surface area contributed by atoms with E-state index in [4.69, 9.17) is 9.47 Å². The Kier molecular flexibility index (Phi) is 7.66. The second kappa shape index (κ2) is 10.4. The van der Waals surface area contributed by atoms with Crippen LogP contribution < -0.4 is 14.4 Å². The Hall–Kier alpha value is -3.16. The number of carbonyl (C=O) groups is 1. The maximum Gasteiger partial charge on any atom is 0.416 e. The summed E-state index contributed by atoms with van der Waals surface area (Å²) in [6, 6.07) is 10.7. The van der Waals surface area contributed by atoms with Crippen molar-refractivity contribution in [2.75, 3.05) is 44.8 Å². The van der Waals surface area contributed by atoms with Crippen LogP contribution in [0, 0.1) is 0 Å². The van der Waals surface area contributed by atoms with Crippen LogP contribution in [-0.4, -0.2) is 50.7 Å². The monoisotopic (exact) mass is 448 g/mol. The van der Waals surface area contributed by atoms with Gasteiger partial charge in [-0.3, -0.25) is 4.79 Å². The molecule has 1 saturated heterocycles. The predicted octanol–water partition coefficient (Wildman–Crippen LogP) is 4.86. The first-order valence-electron chi connectivity index (χ1n) is 10.5. The molecule has 172 valence electrons. The van der Waals surface area contributed by atoms with Gasteiger partial charge >= 0.3 is 6.18 Å². The van der Waals surface area contributed by atoms with Gasteiger partial charge in [-0.25, -0.2) is 0 Å². The van der Waals surface area contributed by atoms with Crippen molar-refractivity contribution in [3.8, 4) is 11.5 Å². The molecule has 0 spiro atoms. The number of hydrogen-bond acceptors (Lipinski definition) is 4. The summed E-state index contributed by atoms with van der Waals surface area (Å²) in [7, 11) is 1.57. The van der Waals surface area contributed by atoms with Crippen LogP contribution in [0.4, 0.5) is 18.9 Å². The fourth-order valence-corrected chi connectivity index (χ4v) is 3.46. The number of carbonyl (C=O) groups excluding carboxylic acids is 1. The number of nitrogens with zero attached hydrogens (tertiary/aromatic N) is 2. The quantitative estimate of drug-likeness (QED) is 0.567. The lowest BCUT2D eigenvalue weighted by molar-refractivity contribution is -0.137. The molecule has 0 aliphatic carbocycles. The maximum atomic E-state index is 13.0. The number of benzene rings is 2. The zero-order valence-corrected chi connectivity index (χ0v) is 18.2. The minimum atomic E-state index is -4.37. The molecule has 0 atom stereocenters. The third-order valence-electron chi connectivity index (χ3n) is 5.20. The smallest absolute Gasteiger partial charge is 0.416 e. The maximum absolute atomic E-state index is 13.0. The van der Waals surface area contributed by atoms with Crippen molar-refractivity contribution in [2.45, 2.75) is 19.5 Å². The lowest BCUT2D eigenvalue weighted by atomic mass is 10.1. The number of amides is 1. The number of halogens is 3. The van der Waals surface area contributed by atoms with Crippen LogP contribution in [0.5, 0.6) is 11.5 Å². The molecule has 1 fully saturated rings. The summed E-state index contributed by atoms with van der Waals surface area (Å²) in [6.45, 7) is 4.43. The molecule has 0 unspecified atom stereocenters. The van der Waals surface area contributed by atoms with Crippen LogP contribution in [0.15, 0.2) is 48.5 Å². The van der Waals surface area contributed by atoms with Gasteiger partial charge in [0.2, 0.25) is 5.91 Å². The highest BCUT2D eigenvalue weighted by atomic mass is 19.4. The first kappa shape index (κ1) is 23.5. The molecule has 32 heavy (non-hydrogen) atoms. The molecule has 3 rings (SSSR count). The summed E-state index contributed by atoms with van der Waals surface area (Å²) in [5.74, 6) is 1.12. The minimum Gasteiger partial charge on any atom is -0.493 e. The second-order valence-electron chi connectivity index (χ2n) is 7.45. The van der Waals surface area contributed by atoms with Gasteiger partial charge in [0.05, 0.1) is 19.3 Å². The topological polar surface area (TPSA) is 42.0 Å². The predicted molar refractivity (Wildman–Crippen MR) is 118 cm³/mol. The van der Waals surface area contributed by atoms with E-state index in [1.54, 1.807) is 30.2 Å². The standard InChI is InChI=1S/C24H27F3N2O3/c1-3-15-32-21-9-7-18(16-22(21)31-2)8-10-23(30)29-13-11-28(12-14-29)20-6-4-5-19(17-20)24(25,26)27/h4-10,16-17H,3,11-15H2,1-2H3/b10-8+. The molecule has 0 bridgehead atoms. The van der Waals surface area contributed by atoms with Gasteiger partial charge in [0, 0.05) is 37.9 Å². The van der Waals surface area contributed by atoms with Crippen molar-refractivity contribution < 1.29 is 27.4 Å². The minimum absolute atomic E-state index is 0.140. The summed E-state index contributed by atoms with van der Waals surface area (Å²) in [5, 5.41) is 0. The normalized spacial score (nSPS) is 14.7. The summed E-state index contributed by atoms with van der Waals surface area (Å²) in [5.41, 5.74) is 0.652. The highest BCUT2D eigenvalue weighted by Gasteiger charge is 2.31. The zero-order valence-electron chi connectivity index (χ0n) is 18.2. The molecule has 1 heterocycles. The van der Waals surface area contributed by atoms with Gasteiger partial charge in [0.25, 0.3) is 0 Å². The van der Waals surface area contributed by atoms with Crippen molar-refractivity contribution in [2.24, 2.45) is 0 Å². The van der Waals surface area contributed by atoms with Gasteiger partial charge in [-0.15, -0.1) is 0 Å². The van der Waals surface area contributed by atoms with Gasteiger partial charge in [0.15, 0.2) is 11.5 Å². The van der Waals surface area contributed by atoms with Crippen LogP contribution in [-0.2, 0) is 11.0 Å². The molecule has 1 amide bonds. The van der Waals surface area contributed by atoms with Crippen LogP contribution >= 0.6 is 0 Å². The number of hydrogen-bond donors (Lipinski definition) is 0. The van der Waals surface area contributed by atoms with Crippen LogP contribution in [0.2, 0.25) is 0 Å². The van der Waals surface area contributed by atoms with E-state index in [0.717, 1.165) is 24.1 Å². The van der Waals surface area contributed by atoms with Crippen LogP contribution in [0.25, 0.3) is 6.08 Å². The first-order valence-corrected chi connectivity index (χ1v) is 10.5. The molecule has 5 nitrogen and oxygen atoms in total. The molecule has 1 aliphatic rings. The Balaban J connectivity index is 1.58. The molecular weight excluding hydrogens is 421 g/mol. The fraction of sp³-hybridized carbons (Fsp3) is 0.375. The Morgan fingerprint density at radius 2 is 1.81 bits per heavy atom. The van der Waals surface area contributed by atoms with Crippen LogP contribution in [0.1, 0.15) is 24.5 Å². The van der Waals surface area contributed by atoms with Gasteiger partial charge in [0.1, 0.15) is 0 Å². The molecule has 0 N–H and O–H groups in total. The lowest BCUT2D eigenvalue weighted by Gasteiger charge is -2.35. The van der Waals surface area contributed by atoms with E-state index in [-0.39, 0.29) is 5.91 Å². The van der Waals surface area contributed by atoms with Gasteiger partial charge < -0.3 is 19.3 Å². The van der Waals surface area contributed by atoms with E-state index in [1.165, 1.54) is 12.1 Å². The summed E-state index contributed by atoms with van der Waals surface area (Å²) < 4.78 is 49.9. The highest BCUT2D eigenvalue weighted by molar-refractivity contribution is 5.92. The van der Waals surface area contributed by atoms with Gasteiger partial charge in [-0.2, -0.15) is 13.2 Å². The van der Waals surface area contributed by atoms with Crippen molar-refractivity contribution in [3.63, 3.8) is 0 Å². The fourth-order valence-electron chi connectivity index (χ4n) is 3.46. The molecular formula is C24H27F3N2O3. The third-order valence-corrected chi connectivity index (χ3v) is 5.20. The average molecular weight is 448 g/mol. The Labute approximate surface area is 186 Å². The van der Waals surface area contributed by atoms with Crippen molar-refractivity contribution in [1.29, 1.82) is 0 Å². The SMILES string of the molecule is CCCOc1ccc(/C=C/C(=O)N2CCN(c3cccc(C(F)(F)F)c3)CC2)cc1OC. The van der Waals surface area contributed by atoms with Crippen molar-refractivity contribution in [1.82, 2.24) is 4.90 Å². The van der Waals surface area contributed by atoms with E-state index in [2.05, 4.69) is 0 Å². The number of anilines is 1. The summed E-state index contributed by atoms with van der Waals surface area (Å²) >= 11 is 0. The third kappa shape index (κ3) is 5.96. The van der Waals surface area contributed by atoms with E-state index in [0.29, 0.717) is 50.0 Å².